The fourth-order valence-corrected chi connectivity index (χ4v) is 1.66. The van der Waals surface area contributed by atoms with Crippen molar-refractivity contribution in [3.8, 4) is 0 Å². The Kier molecular flexibility index (Phi) is 2.72. The van der Waals surface area contributed by atoms with Gasteiger partial charge in [0.15, 0.2) is 0 Å². The Hall–Kier alpha value is -1.04. The van der Waals surface area contributed by atoms with Crippen LogP contribution in [0.3, 0.4) is 0 Å². The zero-order valence-electron chi connectivity index (χ0n) is 7.98. The molecular weight excluding hydrogens is 180 g/mol. The summed E-state index contributed by atoms with van der Waals surface area (Å²) in [6, 6.07) is 0. The summed E-state index contributed by atoms with van der Waals surface area (Å²) >= 11 is 0. The van der Waals surface area contributed by atoms with Crippen LogP contribution in [-0.2, 0) is 19.6 Å². The second-order valence-corrected chi connectivity index (χ2v) is 3.40. The predicted octanol–water partition coefficient (Wildman–Crippen LogP) is -0.757. The molecule has 76 valence electrons. The molecule has 1 aliphatic rings. The molecule has 0 saturated heterocycles. The zero-order valence-corrected chi connectivity index (χ0v) is 7.98. The molecule has 1 aromatic heterocycles. The highest BCUT2D eigenvalue weighted by molar-refractivity contribution is 5.21. The van der Waals surface area contributed by atoms with Crippen molar-refractivity contribution < 1.29 is 5.11 Å². The van der Waals surface area contributed by atoms with Gasteiger partial charge in [0.25, 0.3) is 0 Å². The zero-order chi connectivity index (χ0) is 9.97. The lowest BCUT2D eigenvalue weighted by Crippen LogP contribution is -2.20. The van der Waals surface area contributed by atoms with E-state index in [0.29, 0.717) is 18.9 Å². The van der Waals surface area contributed by atoms with E-state index in [4.69, 9.17) is 10.8 Å². The minimum absolute atomic E-state index is 0.186. The summed E-state index contributed by atoms with van der Waals surface area (Å²) in [5.74, 6) is 0.689. The van der Waals surface area contributed by atoms with E-state index in [-0.39, 0.29) is 6.61 Å². The normalized spacial score (nSPS) is 15.9. The van der Waals surface area contributed by atoms with E-state index in [1.165, 1.54) is 0 Å². The number of nitrogens with zero attached hydrogens (tertiary/aromatic N) is 3. The molecule has 0 spiro atoms. The Labute approximate surface area is 82.6 Å². The fraction of sp³-hybridized carbons (Fsp3) is 0.556. The van der Waals surface area contributed by atoms with Crippen LogP contribution in [-0.4, -0.2) is 33.1 Å². The van der Waals surface area contributed by atoms with E-state index in [1.54, 1.807) is 0 Å². The van der Waals surface area contributed by atoms with Crippen LogP contribution in [0.5, 0.6) is 0 Å². The van der Waals surface area contributed by atoms with Crippen LogP contribution < -0.4 is 5.73 Å². The number of β-amino-alcohol motifs (C(OH)–C–C–N with tert-alkyl or cyclic N) is 1. The highest BCUT2D eigenvalue weighted by Crippen LogP contribution is 2.19. The highest BCUT2D eigenvalue weighted by atomic mass is 16.3. The highest BCUT2D eigenvalue weighted by Gasteiger charge is 2.20. The average Bonchev–Trinajstić information content (AvgIpc) is 2.59. The van der Waals surface area contributed by atoms with Gasteiger partial charge in [-0.2, -0.15) is 0 Å². The first-order valence-electron chi connectivity index (χ1n) is 4.70. The van der Waals surface area contributed by atoms with Crippen LogP contribution in [0, 0.1) is 0 Å². The summed E-state index contributed by atoms with van der Waals surface area (Å²) in [7, 11) is 0. The van der Waals surface area contributed by atoms with Gasteiger partial charge < -0.3 is 10.8 Å². The fourth-order valence-electron chi connectivity index (χ4n) is 1.66. The molecule has 0 bridgehead atoms. The third-order valence-electron chi connectivity index (χ3n) is 2.37. The first-order chi connectivity index (χ1) is 6.83. The maximum absolute atomic E-state index is 8.81. The Morgan fingerprint density at radius 1 is 1.50 bits per heavy atom. The van der Waals surface area contributed by atoms with Crippen molar-refractivity contribution in [3.05, 3.63) is 23.3 Å². The molecule has 0 radical (unpaired) electrons. The van der Waals surface area contributed by atoms with E-state index < -0.39 is 0 Å². The molecule has 3 N–H and O–H groups in total. The second kappa shape index (κ2) is 4.00. The second-order valence-electron chi connectivity index (χ2n) is 3.40. The molecule has 14 heavy (non-hydrogen) atoms. The Morgan fingerprint density at radius 2 is 2.36 bits per heavy atom. The van der Waals surface area contributed by atoms with Crippen molar-refractivity contribution in [2.75, 3.05) is 13.2 Å². The van der Waals surface area contributed by atoms with Crippen molar-refractivity contribution in [2.45, 2.75) is 19.6 Å². The van der Waals surface area contributed by atoms with Crippen molar-refractivity contribution in [3.63, 3.8) is 0 Å². The average molecular weight is 194 g/mol. The summed E-state index contributed by atoms with van der Waals surface area (Å²) in [6.07, 6.45) is 1.84. The molecule has 0 aliphatic carbocycles. The predicted molar refractivity (Wildman–Crippen MR) is 51.1 cm³/mol. The van der Waals surface area contributed by atoms with Gasteiger partial charge >= 0.3 is 0 Å². The van der Waals surface area contributed by atoms with Gasteiger partial charge in [-0.3, -0.25) is 4.90 Å². The summed E-state index contributed by atoms with van der Waals surface area (Å²) in [6.45, 7) is 2.89. The van der Waals surface area contributed by atoms with Gasteiger partial charge in [-0.05, 0) is 0 Å². The van der Waals surface area contributed by atoms with E-state index in [9.17, 15) is 0 Å². The van der Waals surface area contributed by atoms with Crippen LogP contribution >= 0.6 is 0 Å². The number of aliphatic hydroxyl groups excluding tert-OH is 1. The molecule has 0 saturated carbocycles. The lowest BCUT2D eigenvalue weighted by Gasteiger charge is -2.10. The van der Waals surface area contributed by atoms with Gasteiger partial charge in [0, 0.05) is 31.4 Å². The lowest BCUT2D eigenvalue weighted by molar-refractivity contribution is 0.197. The number of hydrogen-bond donors (Lipinski definition) is 2. The van der Waals surface area contributed by atoms with Crippen molar-refractivity contribution >= 4 is 0 Å². The van der Waals surface area contributed by atoms with Crippen molar-refractivity contribution in [1.29, 1.82) is 0 Å². The lowest BCUT2D eigenvalue weighted by atomic mass is 10.3. The number of nitrogens with two attached hydrogens (primary N) is 1. The van der Waals surface area contributed by atoms with Gasteiger partial charge in [0.2, 0.25) is 0 Å². The first-order valence-corrected chi connectivity index (χ1v) is 4.70. The molecule has 0 unspecified atom stereocenters. The molecule has 0 aromatic carbocycles. The number of aromatic nitrogens is 2. The molecule has 2 rings (SSSR count). The SMILES string of the molecule is NCc1ncc2c(n1)CN(CCO)C2. The van der Waals surface area contributed by atoms with E-state index in [1.807, 2.05) is 6.20 Å². The minimum Gasteiger partial charge on any atom is -0.395 e. The molecule has 5 nitrogen and oxygen atoms in total. The largest absolute Gasteiger partial charge is 0.395 e. The van der Waals surface area contributed by atoms with Crippen LogP contribution in [0.2, 0.25) is 0 Å². The summed E-state index contributed by atoms with van der Waals surface area (Å²) in [5, 5.41) is 8.81. The molecule has 2 heterocycles. The van der Waals surface area contributed by atoms with E-state index in [0.717, 1.165) is 24.3 Å². The van der Waals surface area contributed by atoms with Gasteiger partial charge in [0.1, 0.15) is 5.82 Å². The third kappa shape index (κ3) is 1.75. The van der Waals surface area contributed by atoms with E-state index >= 15 is 0 Å². The summed E-state index contributed by atoms with van der Waals surface area (Å²) in [4.78, 5) is 10.6. The molecule has 1 aliphatic heterocycles. The maximum Gasteiger partial charge on any atom is 0.142 e. The first kappa shape index (κ1) is 9.51. The molecule has 0 amide bonds. The smallest absolute Gasteiger partial charge is 0.142 e. The number of hydrogen-bond acceptors (Lipinski definition) is 5. The number of rotatable bonds is 3. The van der Waals surface area contributed by atoms with E-state index in [2.05, 4.69) is 14.9 Å². The minimum atomic E-state index is 0.186. The Balaban J connectivity index is 2.14. The third-order valence-corrected chi connectivity index (χ3v) is 2.37. The molecule has 1 aromatic rings. The van der Waals surface area contributed by atoms with Crippen LogP contribution in [0.25, 0.3) is 0 Å². The van der Waals surface area contributed by atoms with Gasteiger partial charge in [-0.15, -0.1) is 0 Å². The van der Waals surface area contributed by atoms with Crippen LogP contribution in [0.15, 0.2) is 6.20 Å². The summed E-state index contributed by atoms with van der Waals surface area (Å²) < 4.78 is 0. The van der Waals surface area contributed by atoms with Gasteiger partial charge in [0.05, 0.1) is 18.8 Å². The number of aliphatic hydroxyl groups is 1. The van der Waals surface area contributed by atoms with Crippen LogP contribution in [0.1, 0.15) is 17.1 Å². The summed E-state index contributed by atoms with van der Waals surface area (Å²) in [5.41, 5.74) is 7.66. The topological polar surface area (TPSA) is 75.3 Å². The van der Waals surface area contributed by atoms with Crippen LogP contribution in [0.4, 0.5) is 0 Å². The molecule has 0 atom stereocenters. The number of fused-ring (bicyclic) bond motifs is 1. The Bertz CT molecular complexity index is 329. The standard InChI is InChI=1S/C9H14N4O/c10-3-9-11-4-7-5-13(1-2-14)6-8(7)12-9/h4,14H,1-3,5-6,10H2. The van der Waals surface area contributed by atoms with Gasteiger partial charge in [-0.25, -0.2) is 9.97 Å². The Morgan fingerprint density at radius 3 is 3.07 bits per heavy atom. The van der Waals surface area contributed by atoms with Crippen molar-refractivity contribution in [1.82, 2.24) is 14.9 Å². The molecule has 0 fully saturated rings. The monoisotopic (exact) mass is 194 g/mol. The molecule has 5 heteroatoms. The van der Waals surface area contributed by atoms with Gasteiger partial charge in [-0.1, -0.05) is 0 Å². The molecular formula is C9H14N4O. The maximum atomic E-state index is 8.81. The quantitative estimate of drug-likeness (QED) is 0.661. The van der Waals surface area contributed by atoms with Crippen molar-refractivity contribution in [2.24, 2.45) is 5.73 Å².